The fourth-order valence-corrected chi connectivity index (χ4v) is 1.80. The topological polar surface area (TPSA) is 20.2 Å². The van der Waals surface area contributed by atoms with Gasteiger partial charge in [-0.25, -0.2) is 0 Å². The standard InChI is InChI=1S/C15H16O/c1-11-5-3-7-14(9-11)15-8-4-6-13(10-15)12(2)16/h3-10,12,16H,1-2H3. The molecule has 0 heterocycles. The van der Waals surface area contributed by atoms with Crippen LogP contribution in [0.15, 0.2) is 48.5 Å². The van der Waals surface area contributed by atoms with E-state index in [4.69, 9.17) is 0 Å². The summed E-state index contributed by atoms with van der Waals surface area (Å²) >= 11 is 0. The molecule has 0 spiro atoms. The number of hydrogen-bond donors (Lipinski definition) is 1. The van der Waals surface area contributed by atoms with Crippen molar-refractivity contribution in [3.8, 4) is 11.1 Å². The van der Waals surface area contributed by atoms with Crippen molar-refractivity contribution in [1.29, 1.82) is 0 Å². The maximum absolute atomic E-state index is 9.55. The summed E-state index contributed by atoms with van der Waals surface area (Å²) in [5, 5.41) is 9.55. The van der Waals surface area contributed by atoms with E-state index in [9.17, 15) is 5.11 Å². The summed E-state index contributed by atoms with van der Waals surface area (Å²) in [6.07, 6.45) is -0.412. The third-order valence-electron chi connectivity index (χ3n) is 2.72. The Morgan fingerprint density at radius 3 is 2.19 bits per heavy atom. The fraction of sp³-hybridized carbons (Fsp3) is 0.200. The van der Waals surface area contributed by atoms with Crippen LogP contribution < -0.4 is 0 Å². The van der Waals surface area contributed by atoms with Gasteiger partial charge in [-0.2, -0.15) is 0 Å². The highest BCUT2D eigenvalue weighted by Gasteiger charge is 2.03. The molecule has 0 amide bonds. The van der Waals surface area contributed by atoms with Crippen LogP contribution in [0.4, 0.5) is 0 Å². The fourth-order valence-electron chi connectivity index (χ4n) is 1.80. The molecule has 0 aromatic heterocycles. The molecule has 1 unspecified atom stereocenters. The summed E-state index contributed by atoms with van der Waals surface area (Å²) in [7, 11) is 0. The third-order valence-corrected chi connectivity index (χ3v) is 2.72. The molecule has 0 aliphatic rings. The molecule has 82 valence electrons. The van der Waals surface area contributed by atoms with Crippen LogP contribution in [0.25, 0.3) is 11.1 Å². The van der Waals surface area contributed by atoms with Crippen LogP contribution in [-0.4, -0.2) is 5.11 Å². The molecule has 0 bridgehead atoms. The van der Waals surface area contributed by atoms with Gasteiger partial charge in [0.25, 0.3) is 0 Å². The first-order valence-corrected chi connectivity index (χ1v) is 5.52. The Kier molecular flexibility index (Phi) is 3.07. The number of benzene rings is 2. The molecule has 0 saturated heterocycles. The van der Waals surface area contributed by atoms with Crippen molar-refractivity contribution in [2.24, 2.45) is 0 Å². The van der Waals surface area contributed by atoms with Crippen molar-refractivity contribution in [1.82, 2.24) is 0 Å². The molecule has 1 N–H and O–H groups in total. The van der Waals surface area contributed by atoms with Crippen molar-refractivity contribution < 1.29 is 5.11 Å². The Labute approximate surface area is 96.4 Å². The second kappa shape index (κ2) is 4.50. The van der Waals surface area contributed by atoms with Crippen LogP contribution in [0.5, 0.6) is 0 Å². The average Bonchev–Trinajstić information content (AvgIpc) is 2.29. The van der Waals surface area contributed by atoms with Gasteiger partial charge in [0.1, 0.15) is 0 Å². The van der Waals surface area contributed by atoms with Gasteiger partial charge in [-0.1, -0.05) is 48.0 Å². The molecule has 1 nitrogen and oxygen atoms in total. The molecule has 2 rings (SSSR count). The summed E-state index contributed by atoms with van der Waals surface area (Å²) in [6.45, 7) is 3.87. The highest BCUT2D eigenvalue weighted by Crippen LogP contribution is 2.23. The summed E-state index contributed by atoms with van der Waals surface area (Å²) in [4.78, 5) is 0. The lowest BCUT2D eigenvalue weighted by atomic mass is 10.00. The maximum atomic E-state index is 9.55. The number of aliphatic hydroxyl groups is 1. The predicted octanol–water partition coefficient (Wildman–Crippen LogP) is 3.72. The quantitative estimate of drug-likeness (QED) is 0.804. The van der Waals surface area contributed by atoms with Crippen LogP contribution >= 0.6 is 0 Å². The molecule has 2 aromatic carbocycles. The number of aliphatic hydroxyl groups excluding tert-OH is 1. The molecule has 0 saturated carbocycles. The second-order valence-corrected chi connectivity index (χ2v) is 4.17. The van der Waals surface area contributed by atoms with Crippen LogP contribution in [0.1, 0.15) is 24.2 Å². The minimum Gasteiger partial charge on any atom is -0.389 e. The van der Waals surface area contributed by atoms with Crippen LogP contribution in [0.2, 0.25) is 0 Å². The first-order chi connectivity index (χ1) is 7.66. The molecule has 0 fully saturated rings. The van der Waals surface area contributed by atoms with E-state index in [-0.39, 0.29) is 0 Å². The summed E-state index contributed by atoms with van der Waals surface area (Å²) in [6, 6.07) is 16.4. The molecule has 1 heteroatoms. The highest BCUT2D eigenvalue weighted by atomic mass is 16.3. The van der Waals surface area contributed by atoms with E-state index in [1.807, 2.05) is 18.2 Å². The first kappa shape index (κ1) is 10.9. The van der Waals surface area contributed by atoms with Crippen molar-refractivity contribution in [2.45, 2.75) is 20.0 Å². The lowest BCUT2D eigenvalue weighted by Gasteiger charge is -2.08. The Bertz CT molecular complexity index is 486. The number of hydrogen-bond acceptors (Lipinski definition) is 1. The zero-order valence-electron chi connectivity index (χ0n) is 9.64. The lowest BCUT2D eigenvalue weighted by Crippen LogP contribution is -1.90. The van der Waals surface area contributed by atoms with E-state index in [0.717, 1.165) is 11.1 Å². The van der Waals surface area contributed by atoms with Gasteiger partial charge in [-0.05, 0) is 36.6 Å². The van der Waals surface area contributed by atoms with Crippen LogP contribution in [0, 0.1) is 6.92 Å². The molecule has 0 aliphatic heterocycles. The van der Waals surface area contributed by atoms with Crippen LogP contribution in [0.3, 0.4) is 0 Å². The smallest absolute Gasteiger partial charge is 0.0762 e. The molecule has 0 aliphatic carbocycles. The minimum absolute atomic E-state index is 0.412. The maximum Gasteiger partial charge on any atom is 0.0762 e. The van der Waals surface area contributed by atoms with Gasteiger partial charge in [0.15, 0.2) is 0 Å². The van der Waals surface area contributed by atoms with E-state index in [2.05, 4.69) is 37.3 Å². The molecule has 16 heavy (non-hydrogen) atoms. The van der Waals surface area contributed by atoms with Gasteiger partial charge in [0.2, 0.25) is 0 Å². The van der Waals surface area contributed by atoms with E-state index in [0.29, 0.717) is 0 Å². The molecular formula is C15H16O. The number of rotatable bonds is 2. The van der Waals surface area contributed by atoms with E-state index < -0.39 is 6.10 Å². The van der Waals surface area contributed by atoms with Gasteiger partial charge in [0, 0.05) is 0 Å². The summed E-state index contributed by atoms with van der Waals surface area (Å²) < 4.78 is 0. The van der Waals surface area contributed by atoms with Gasteiger partial charge in [0.05, 0.1) is 6.10 Å². The van der Waals surface area contributed by atoms with Crippen LogP contribution in [-0.2, 0) is 0 Å². The van der Waals surface area contributed by atoms with Gasteiger partial charge in [-0.15, -0.1) is 0 Å². The monoisotopic (exact) mass is 212 g/mol. The zero-order chi connectivity index (χ0) is 11.5. The number of aryl methyl sites for hydroxylation is 1. The van der Waals surface area contributed by atoms with E-state index in [1.54, 1.807) is 6.92 Å². The van der Waals surface area contributed by atoms with E-state index in [1.165, 1.54) is 11.1 Å². The molecule has 0 radical (unpaired) electrons. The van der Waals surface area contributed by atoms with Gasteiger partial charge < -0.3 is 5.11 Å². The third kappa shape index (κ3) is 2.31. The highest BCUT2D eigenvalue weighted by molar-refractivity contribution is 5.64. The molecular weight excluding hydrogens is 196 g/mol. The first-order valence-electron chi connectivity index (χ1n) is 5.52. The van der Waals surface area contributed by atoms with Crippen molar-refractivity contribution >= 4 is 0 Å². The Hall–Kier alpha value is -1.60. The lowest BCUT2D eigenvalue weighted by molar-refractivity contribution is 0.199. The largest absolute Gasteiger partial charge is 0.389 e. The Morgan fingerprint density at radius 1 is 0.938 bits per heavy atom. The van der Waals surface area contributed by atoms with Crippen molar-refractivity contribution in [3.05, 3.63) is 59.7 Å². The summed E-state index contributed by atoms with van der Waals surface area (Å²) in [5.74, 6) is 0. The predicted molar refractivity (Wildman–Crippen MR) is 67.2 cm³/mol. The average molecular weight is 212 g/mol. The minimum atomic E-state index is -0.412. The summed E-state index contributed by atoms with van der Waals surface area (Å²) in [5.41, 5.74) is 4.56. The Balaban J connectivity index is 2.44. The molecule has 1 atom stereocenters. The SMILES string of the molecule is Cc1cccc(-c2cccc(C(C)O)c2)c1. The van der Waals surface area contributed by atoms with E-state index >= 15 is 0 Å². The van der Waals surface area contributed by atoms with Gasteiger partial charge >= 0.3 is 0 Å². The van der Waals surface area contributed by atoms with Gasteiger partial charge in [-0.3, -0.25) is 0 Å². The van der Waals surface area contributed by atoms with Crippen molar-refractivity contribution in [3.63, 3.8) is 0 Å². The Morgan fingerprint density at radius 2 is 1.56 bits per heavy atom. The second-order valence-electron chi connectivity index (χ2n) is 4.17. The normalized spacial score (nSPS) is 12.4. The molecule has 2 aromatic rings. The van der Waals surface area contributed by atoms with Crippen molar-refractivity contribution in [2.75, 3.05) is 0 Å². The zero-order valence-corrected chi connectivity index (χ0v) is 9.64.